The van der Waals surface area contributed by atoms with E-state index >= 15 is 0 Å². The molecule has 0 fully saturated rings. The van der Waals surface area contributed by atoms with Crippen LogP contribution in [-0.4, -0.2) is 16.6 Å². The van der Waals surface area contributed by atoms with Crippen LogP contribution < -0.4 is 0 Å². The number of ether oxygens (including phenoxy) is 1. The second-order valence-corrected chi connectivity index (χ2v) is 2.13. The quantitative estimate of drug-likeness (QED) is 0.613. The minimum Gasteiger partial charge on any atom is -0.375 e. The maximum absolute atomic E-state index is 5.18. The molecule has 0 saturated carbocycles. The standard InChI is InChI=1S/C6H8N2O.ClH/c1-2-9-3-6-5(1)7-4-8-6;/h4H,1-3H2,(H,7,8);1H. The highest BCUT2D eigenvalue weighted by molar-refractivity contribution is 5.85. The summed E-state index contributed by atoms with van der Waals surface area (Å²) in [5.74, 6) is 0. The number of nitrogens with zero attached hydrogens (tertiary/aromatic N) is 1. The fourth-order valence-electron chi connectivity index (χ4n) is 1.03. The largest absolute Gasteiger partial charge is 0.375 e. The lowest BCUT2D eigenvalue weighted by molar-refractivity contribution is 0.107. The van der Waals surface area contributed by atoms with Gasteiger partial charge < -0.3 is 9.72 Å². The fraction of sp³-hybridized carbons (Fsp3) is 0.500. The highest BCUT2D eigenvalue weighted by Crippen LogP contribution is 2.10. The minimum atomic E-state index is 0. The molecule has 3 nitrogen and oxygen atoms in total. The van der Waals surface area contributed by atoms with Crippen molar-refractivity contribution in [2.75, 3.05) is 6.61 Å². The summed E-state index contributed by atoms with van der Waals surface area (Å²) >= 11 is 0. The Morgan fingerprint density at radius 3 is 3.30 bits per heavy atom. The van der Waals surface area contributed by atoms with E-state index in [1.807, 2.05) is 0 Å². The second kappa shape index (κ2) is 3.03. The summed E-state index contributed by atoms with van der Waals surface area (Å²) in [6.45, 7) is 1.52. The average molecular weight is 161 g/mol. The lowest BCUT2D eigenvalue weighted by Gasteiger charge is -2.09. The second-order valence-electron chi connectivity index (χ2n) is 2.13. The number of hydrogen-bond acceptors (Lipinski definition) is 2. The van der Waals surface area contributed by atoms with Crippen LogP contribution in [0.2, 0.25) is 0 Å². The zero-order valence-corrected chi connectivity index (χ0v) is 6.28. The van der Waals surface area contributed by atoms with Crippen molar-refractivity contribution in [3.05, 3.63) is 17.7 Å². The molecule has 56 valence electrons. The molecule has 4 heteroatoms. The number of nitrogens with one attached hydrogen (secondary N) is 1. The van der Waals surface area contributed by atoms with Crippen LogP contribution in [0.25, 0.3) is 0 Å². The van der Waals surface area contributed by atoms with Crippen molar-refractivity contribution in [3.8, 4) is 0 Å². The van der Waals surface area contributed by atoms with Crippen LogP contribution in [0.5, 0.6) is 0 Å². The van der Waals surface area contributed by atoms with Gasteiger partial charge in [-0.1, -0.05) is 0 Å². The van der Waals surface area contributed by atoms with Crippen LogP contribution in [0.1, 0.15) is 11.4 Å². The third-order valence-electron chi connectivity index (χ3n) is 1.54. The molecule has 0 amide bonds. The molecule has 1 aromatic rings. The van der Waals surface area contributed by atoms with Gasteiger partial charge in [0.15, 0.2) is 0 Å². The van der Waals surface area contributed by atoms with E-state index in [0.717, 1.165) is 18.7 Å². The minimum absolute atomic E-state index is 0. The molecule has 0 radical (unpaired) electrons. The third kappa shape index (κ3) is 1.15. The Hall–Kier alpha value is -0.540. The Kier molecular flexibility index (Phi) is 2.29. The zero-order valence-electron chi connectivity index (χ0n) is 5.46. The highest BCUT2D eigenvalue weighted by atomic mass is 35.5. The number of imidazole rings is 1. The molecule has 10 heavy (non-hydrogen) atoms. The summed E-state index contributed by atoms with van der Waals surface area (Å²) in [6.07, 6.45) is 2.68. The van der Waals surface area contributed by atoms with Gasteiger partial charge in [-0.3, -0.25) is 0 Å². The molecule has 0 unspecified atom stereocenters. The van der Waals surface area contributed by atoms with Crippen molar-refractivity contribution in [1.82, 2.24) is 9.97 Å². The first-order valence-electron chi connectivity index (χ1n) is 3.05. The molecule has 0 aliphatic carbocycles. The average Bonchev–Trinajstić information content (AvgIpc) is 2.33. The SMILES string of the molecule is Cl.c1nc2c([nH]1)COCC2. The van der Waals surface area contributed by atoms with Crippen molar-refractivity contribution < 1.29 is 4.74 Å². The number of aromatic amines is 1. The van der Waals surface area contributed by atoms with E-state index in [9.17, 15) is 0 Å². The Morgan fingerprint density at radius 1 is 1.60 bits per heavy atom. The first-order chi connectivity index (χ1) is 4.47. The Bertz CT molecular complexity index is 191. The third-order valence-corrected chi connectivity index (χ3v) is 1.54. The van der Waals surface area contributed by atoms with Crippen LogP contribution in [0.3, 0.4) is 0 Å². The maximum Gasteiger partial charge on any atom is 0.0925 e. The van der Waals surface area contributed by atoms with Gasteiger partial charge >= 0.3 is 0 Å². The van der Waals surface area contributed by atoms with Gasteiger partial charge in [0.25, 0.3) is 0 Å². The van der Waals surface area contributed by atoms with Crippen molar-refractivity contribution in [1.29, 1.82) is 0 Å². The highest BCUT2D eigenvalue weighted by Gasteiger charge is 2.09. The number of hydrogen-bond donors (Lipinski definition) is 1. The van der Waals surface area contributed by atoms with E-state index in [-0.39, 0.29) is 12.4 Å². The molecular weight excluding hydrogens is 152 g/mol. The topological polar surface area (TPSA) is 37.9 Å². The molecule has 0 saturated heterocycles. The van der Waals surface area contributed by atoms with E-state index in [1.165, 1.54) is 5.69 Å². The molecular formula is C6H9ClN2O. The summed E-state index contributed by atoms with van der Waals surface area (Å²) in [5.41, 5.74) is 2.31. The van der Waals surface area contributed by atoms with Crippen LogP contribution in [0.4, 0.5) is 0 Å². The summed E-state index contributed by atoms with van der Waals surface area (Å²) in [4.78, 5) is 7.14. The van der Waals surface area contributed by atoms with Crippen molar-refractivity contribution in [3.63, 3.8) is 0 Å². The fourth-order valence-corrected chi connectivity index (χ4v) is 1.03. The van der Waals surface area contributed by atoms with Gasteiger partial charge in [-0.25, -0.2) is 4.98 Å². The Labute approximate surface area is 65.2 Å². The maximum atomic E-state index is 5.18. The Morgan fingerprint density at radius 2 is 2.50 bits per heavy atom. The zero-order chi connectivity index (χ0) is 6.10. The first-order valence-corrected chi connectivity index (χ1v) is 3.05. The normalized spacial score (nSPS) is 15.6. The number of halogens is 1. The monoisotopic (exact) mass is 160 g/mol. The summed E-state index contributed by atoms with van der Waals surface area (Å²) in [7, 11) is 0. The van der Waals surface area contributed by atoms with Crippen LogP contribution >= 0.6 is 12.4 Å². The molecule has 1 N–H and O–H groups in total. The lowest BCUT2D eigenvalue weighted by atomic mass is 10.2. The van der Waals surface area contributed by atoms with E-state index in [1.54, 1.807) is 6.33 Å². The van der Waals surface area contributed by atoms with Crippen LogP contribution in [-0.2, 0) is 17.8 Å². The molecule has 0 bridgehead atoms. The van der Waals surface area contributed by atoms with Crippen LogP contribution in [0, 0.1) is 0 Å². The summed E-state index contributed by atoms with van der Waals surface area (Å²) in [6, 6.07) is 0. The number of aromatic nitrogens is 2. The number of fused-ring (bicyclic) bond motifs is 1. The smallest absolute Gasteiger partial charge is 0.0925 e. The van der Waals surface area contributed by atoms with Gasteiger partial charge in [-0.15, -0.1) is 12.4 Å². The first kappa shape index (κ1) is 7.57. The molecule has 1 aliphatic heterocycles. The predicted octanol–water partition coefficient (Wildman–Crippen LogP) is 0.904. The van der Waals surface area contributed by atoms with E-state index in [0.29, 0.717) is 6.61 Å². The predicted molar refractivity (Wildman–Crippen MR) is 39.2 cm³/mol. The van der Waals surface area contributed by atoms with Gasteiger partial charge in [0.1, 0.15) is 0 Å². The van der Waals surface area contributed by atoms with Gasteiger partial charge in [-0.2, -0.15) is 0 Å². The van der Waals surface area contributed by atoms with E-state index in [4.69, 9.17) is 4.74 Å². The summed E-state index contributed by atoms with van der Waals surface area (Å²) < 4.78 is 5.18. The molecule has 0 aromatic carbocycles. The van der Waals surface area contributed by atoms with E-state index in [2.05, 4.69) is 9.97 Å². The Balaban J connectivity index is 0.000000500. The van der Waals surface area contributed by atoms with Gasteiger partial charge in [-0.05, 0) is 0 Å². The van der Waals surface area contributed by atoms with Crippen molar-refractivity contribution in [2.24, 2.45) is 0 Å². The molecule has 2 rings (SSSR count). The molecule has 1 aliphatic rings. The van der Waals surface area contributed by atoms with Gasteiger partial charge in [0.2, 0.25) is 0 Å². The molecule has 0 spiro atoms. The number of rotatable bonds is 0. The van der Waals surface area contributed by atoms with Gasteiger partial charge in [0.05, 0.1) is 30.9 Å². The molecule has 0 atom stereocenters. The van der Waals surface area contributed by atoms with Crippen molar-refractivity contribution >= 4 is 12.4 Å². The van der Waals surface area contributed by atoms with Crippen LogP contribution in [0.15, 0.2) is 6.33 Å². The lowest BCUT2D eigenvalue weighted by Crippen LogP contribution is -2.08. The number of H-pyrrole nitrogens is 1. The summed E-state index contributed by atoms with van der Waals surface area (Å²) in [5, 5.41) is 0. The van der Waals surface area contributed by atoms with Crippen molar-refractivity contribution in [2.45, 2.75) is 13.0 Å². The molecule has 1 aromatic heterocycles. The van der Waals surface area contributed by atoms with Gasteiger partial charge in [0, 0.05) is 6.42 Å². The van der Waals surface area contributed by atoms with E-state index < -0.39 is 0 Å². The molecule has 2 heterocycles.